The van der Waals surface area contributed by atoms with Crippen LogP contribution in [0.2, 0.25) is 0 Å². The zero-order chi connectivity index (χ0) is 20.1. The van der Waals surface area contributed by atoms with Gasteiger partial charge in [0, 0.05) is 17.7 Å². The molecule has 0 bridgehead atoms. The fourth-order valence-corrected chi connectivity index (χ4v) is 2.47. The summed E-state index contributed by atoms with van der Waals surface area (Å²) in [7, 11) is 0. The maximum atomic E-state index is 12.4. The van der Waals surface area contributed by atoms with E-state index in [1.165, 1.54) is 24.3 Å². The molecule has 2 aromatic rings. The number of nitrogens with one attached hydrogen (secondary N) is 1. The molecule has 0 aliphatic rings. The van der Waals surface area contributed by atoms with Gasteiger partial charge in [0.15, 0.2) is 0 Å². The lowest BCUT2D eigenvalue weighted by Crippen LogP contribution is -2.26. The number of nitro groups is 1. The number of nitro benzene ring substituents is 1. The van der Waals surface area contributed by atoms with Crippen molar-refractivity contribution in [2.45, 2.75) is 13.8 Å². The molecule has 142 valence electrons. The van der Waals surface area contributed by atoms with Crippen LogP contribution in [0.25, 0.3) is 11.1 Å². The second-order valence-electron chi connectivity index (χ2n) is 5.24. The molecule has 1 heterocycles. The largest absolute Gasteiger partial charge is 0.462 e. The Morgan fingerprint density at radius 2 is 1.59 bits per heavy atom. The van der Waals surface area contributed by atoms with Gasteiger partial charge < -0.3 is 20.2 Å². The van der Waals surface area contributed by atoms with E-state index >= 15 is 0 Å². The van der Waals surface area contributed by atoms with Crippen LogP contribution in [-0.4, -0.2) is 35.1 Å². The van der Waals surface area contributed by atoms with Crippen LogP contribution in [0.15, 0.2) is 29.1 Å². The number of nitrogens with two attached hydrogens (primary N) is 1. The minimum absolute atomic E-state index is 0.00289. The number of hydrogen-bond donors (Lipinski definition) is 2. The van der Waals surface area contributed by atoms with Gasteiger partial charge in [-0.2, -0.15) is 0 Å². The average Bonchev–Trinajstić information content (AvgIpc) is 2.61. The molecule has 10 heteroatoms. The SMILES string of the molecule is CCOC(=O)c1c(N)[nH]c(=O)c(C(=O)OCC)c1-c1ccc([N+](=O)[O-])cc1. The number of ether oxygens (including phenoxy) is 2. The summed E-state index contributed by atoms with van der Waals surface area (Å²) in [5, 5.41) is 10.9. The number of benzene rings is 1. The van der Waals surface area contributed by atoms with Gasteiger partial charge in [0.2, 0.25) is 0 Å². The quantitative estimate of drug-likeness (QED) is 0.440. The van der Waals surface area contributed by atoms with Gasteiger partial charge in [0.25, 0.3) is 11.2 Å². The highest BCUT2D eigenvalue weighted by molar-refractivity contribution is 6.08. The summed E-state index contributed by atoms with van der Waals surface area (Å²) < 4.78 is 9.87. The van der Waals surface area contributed by atoms with Crippen molar-refractivity contribution < 1.29 is 24.0 Å². The van der Waals surface area contributed by atoms with Crippen LogP contribution >= 0.6 is 0 Å². The first kappa shape index (κ1) is 19.6. The predicted molar refractivity (Wildman–Crippen MR) is 95.5 cm³/mol. The monoisotopic (exact) mass is 375 g/mol. The highest BCUT2D eigenvalue weighted by atomic mass is 16.6. The van der Waals surface area contributed by atoms with Crippen molar-refractivity contribution >= 4 is 23.4 Å². The standard InChI is InChI=1S/C17H17N3O7/c1-3-26-16(22)12-11(9-5-7-10(8-6-9)20(24)25)13(17(23)27-4-2)15(21)19-14(12)18/h5-8H,3-4H2,1-2H3,(H3,18,19,21). The van der Waals surface area contributed by atoms with Gasteiger partial charge in [-0.25, -0.2) is 9.59 Å². The van der Waals surface area contributed by atoms with Crippen molar-refractivity contribution in [3.63, 3.8) is 0 Å². The molecule has 3 N–H and O–H groups in total. The molecule has 1 aromatic carbocycles. The summed E-state index contributed by atoms with van der Waals surface area (Å²) in [5.41, 5.74) is 4.16. The summed E-state index contributed by atoms with van der Waals surface area (Å²) in [6, 6.07) is 4.96. The van der Waals surface area contributed by atoms with Gasteiger partial charge in [-0.15, -0.1) is 0 Å². The zero-order valence-electron chi connectivity index (χ0n) is 14.6. The third kappa shape index (κ3) is 3.94. The first-order valence-corrected chi connectivity index (χ1v) is 7.96. The minimum atomic E-state index is -0.961. The van der Waals surface area contributed by atoms with Crippen molar-refractivity contribution in [1.29, 1.82) is 0 Å². The summed E-state index contributed by atoms with van der Waals surface area (Å²) in [6.45, 7) is 3.17. The van der Waals surface area contributed by atoms with Gasteiger partial charge >= 0.3 is 11.9 Å². The van der Waals surface area contributed by atoms with Crippen molar-refractivity contribution in [1.82, 2.24) is 4.98 Å². The Hall–Kier alpha value is -3.69. The van der Waals surface area contributed by atoms with Crippen molar-refractivity contribution in [3.05, 3.63) is 55.9 Å². The fourth-order valence-electron chi connectivity index (χ4n) is 2.47. The number of nitrogens with zero attached hydrogens (tertiary/aromatic N) is 1. The Labute approximate surface area is 153 Å². The number of aromatic amines is 1. The lowest BCUT2D eigenvalue weighted by molar-refractivity contribution is -0.384. The normalized spacial score (nSPS) is 10.3. The van der Waals surface area contributed by atoms with Gasteiger partial charge in [0.05, 0.1) is 18.1 Å². The van der Waals surface area contributed by atoms with E-state index in [9.17, 15) is 24.5 Å². The van der Waals surface area contributed by atoms with Gasteiger partial charge in [-0.05, 0) is 31.5 Å². The second kappa shape index (κ2) is 8.13. The number of carbonyl (C=O) groups excluding carboxylic acids is 2. The Kier molecular flexibility index (Phi) is 5.91. The summed E-state index contributed by atoms with van der Waals surface area (Å²) in [5.74, 6) is -2.11. The molecule has 0 saturated heterocycles. The number of rotatable bonds is 6. The van der Waals surface area contributed by atoms with Crippen LogP contribution in [-0.2, 0) is 9.47 Å². The van der Waals surface area contributed by atoms with E-state index in [2.05, 4.69) is 4.98 Å². The molecular formula is C17H17N3O7. The highest BCUT2D eigenvalue weighted by Crippen LogP contribution is 2.31. The number of aromatic nitrogens is 1. The molecule has 0 spiro atoms. The van der Waals surface area contributed by atoms with Crippen LogP contribution in [0, 0.1) is 10.1 Å². The van der Waals surface area contributed by atoms with E-state index in [1.54, 1.807) is 13.8 Å². The number of esters is 2. The molecule has 0 unspecified atom stereocenters. The van der Waals surface area contributed by atoms with Crippen LogP contribution in [0.1, 0.15) is 34.6 Å². The highest BCUT2D eigenvalue weighted by Gasteiger charge is 2.28. The molecule has 0 amide bonds. The summed E-state index contributed by atoms with van der Waals surface area (Å²) >= 11 is 0. The third-order valence-electron chi connectivity index (χ3n) is 3.57. The van der Waals surface area contributed by atoms with E-state index in [0.29, 0.717) is 0 Å². The Morgan fingerprint density at radius 3 is 2.07 bits per heavy atom. The van der Waals surface area contributed by atoms with E-state index in [-0.39, 0.29) is 41.4 Å². The predicted octanol–water partition coefficient (Wildman–Crippen LogP) is 1.89. The van der Waals surface area contributed by atoms with Crippen LogP contribution < -0.4 is 11.3 Å². The summed E-state index contributed by atoms with van der Waals surface area (Å²) in [6.07, 6.45) is 0. The number of non-ortho nitro benzene ring substituents is 1. The van der Waals surface area contributed by atoms with Gasteiger partial charge in [0.1, 0.15) is 16.9 Å². The first-order valence-electron chi connectivity index (χ1n) is 7.96. The second-order valence-corrected chi connectivity index (χ2v) is 5.24. The summed E-state index contributed by atoms with van der Waals surface area (Å²) in [4.78, 5) is 49.6. The van der Waals surface area contributed by atoms with Crippen molar-refractivity contribution in [2.24, 2.45) is 0 Å². The number of nitrogen functional groups attached to an aromatic ring is 1. The maximum absolute atomic E-state index is 12.4. The Bertz CT molecular complexity index is 948. The van der Waals surface area contributed by atoms with E-state index in [0.717, 1.165) is 0 Å². The number of carbonyl (C=O) groups is 2. The number of anilines is 1. The van der Waals surface area contributed by atoms with Crippen LogP contribution in [0.5, 0.6) is 0 Å². The molecule has 0 aliphatic carbocycles. The van der Waals surface area contributed by atoms with Gasteiger partial charge in [-0.1, -0.05) is 0 Å². The average molecular weight is 375 g/mol. The molecule has 0 saturated carbocycles. The number of H-pyrrole nitrogens is 1. The van der Waals surface area contributed by atoms with Crippen molar-refractivity contribution in [3.8, 4) is 11.1 Å². The molecule has 27 heavy (non-hydrogen) atoms. The number of pyridine rings is 1. The minimum Gasteiger partial charge on any atom is -0.462 e. The van der Waals surface area contributed by atoms with E-state index in [1.807, 2.05) is 0 Å². The first-order chi connectivity index (χ1) is 12.8. The molecule has 0 atom stereocenters. The lowest BCUT2D eigenvalue weighted by atomic mass is 9.95. The van der Waals surface area contributed by atoms with E-state index in [4.69, 9.17) is 15.2 Å². The molecular weight excluding hydrogens is 358 g/mol. The van der Waals surface area contributed by atoms with Crippen LogP contribution in [0.3, 0.4) is 0 Å². The van der Waals surface area contributed by atoms with E-state index < -0.39 is 28.0 Å². The lowest BCUT2D eigenvalue weighted by Gasteiger charge is -2.15. The maximum Gasteiger partial charge on any atom is 0.344 e. The van der Waals surface area contributed by atoms with Crippen LogP contribution in [0.4, 0.5) is 11.5 Å². The topological polar surface area (TPSA) is 155 Å². The molecule has 0 fully saturated rings. The zero-order valence-corrected chi connectivity index (χ0v) is 14.6. The number of hydrogen-bond acceptors (Lipinski definition) is 8. The fraction of sp³-hybridized carbons (Fsp3) is 0.235. The van der Waals surface area contributed by atoms with Gasteiger partial charge in [-0.3, -0.25) is 14.9 Å². The smallest absolute Gasteiger partial charge is 0.344 e. The van der Waals surface area contributed by atoms with Crippen molar-refractivity contribution in [2.75, 3.05) is 18.9 Å². The molecule has 2 rings (SSSR count). The Balaban J connectivity index is 2.83. The molecule has 10 nitrogen and oxygen atoms in total. The molecule has 1 aromatic heterocycles. The molecule has 0 radical (unpaired) electrons. The third-order valence-corrected chi connectivity index (χ3v) is 3.57. The Morgan fingerprint density at radius 1 is 1.07 bits per heavy atom. The molecule has 0 aliphatic heterocycles.